The maximum absolute atomic E-state index is 12.0. The molecule has 0 aliphatic carbocycles. The lowest BCUT2D eigenvalue weighted by atomic mass is 9.99. The van der Waals surface area contributed by atoms with Crippen LogP contribution >= 0.6 is 0 Å². The number of hydrogen-bond acceptors (Lipinski definition) is 5. The number of ether oxygens (including phenoxy) is 1. The first-order chi connectivity index (χ1) is 11.4. The lowest BCUT2D eigenvalue weighted by Crippen LogP contribution is -2.07. The second-order valence-corrected chi connectivity index (χ2v) is 5.87. The van der Waals surface area contributed by atoms with Crippen molar-refractivity contribution in [3.8, 4) is 16.9 Å². The molecule has 1 N–H and O–H groups in total. The molecule has 2 aromatic rings. The molecule has 0 saturated heterocycles. The van der Waals surface area contributed by atoms with Gasteiger partial charge in [-0.25, -0.2) is 4.98 Å². The van der Waals surface area contributed by atoms with Gasteiger partial charge in [0.05, 0.1) is 13.5 Å². The summed E-state index contributed by atoms with van der Waals surface area (Å²) in [6, 6.07) is 9.51. The quantitative estimate of drug-likeness (QED) is 0.646. The maximum atomic E-state index is 12.0. The number of hydrogen-bond donors (Lipinski definition) is 1. The Labute approximate surface area is 141 Å². The minimum absolute atomic E-state index is 0.0264. The number of carbonyl (C=O) groups is 2. The molecule has 0 unspecified atom stereocenters. The van der Waals surface area contributed by atoms with Crippen molar-refractivity contribution in [2.45, 2.75) is 32.6 Å². The number of ketones is 1. The number of pyridine rings is 1. The standard InChI is InChI=1S/C19H21NO4/c1-12(2)13-4-6-14(7-5-13)15-10-17(22)19(20-11-15)16(21)8-9-18(23)24-3/h4-7,10-12,22H,8-9H2,1-3H3. The van der Waals surface area contributed by atoms with Gasteiger partial charge in [0.15, 0.2) is 5.78 Å². The Balaban J connectivity index is 2.17. The summed E-state index contributed by atoms with van der Waals surface area (Å²) in [5, 5.41) is 10.1. The van der Waals surface area contributed by atoms with Crippen LogP contribution in [0.15, 0.2) is 36.5 Å². The van der Waals surface area contributed by atoms with E-state index in [1.165, 1.54) is 18.7 Å². The van der Waals surface area contributed by atoms with Gasteiger partial charge in [-0.05, 0) is 23.1 Å². The summed E-state index contributed by atoms with van der Waals surface area (Å²) < 4.78 is 4.50. The molecule has 2 rings (SSSR count). The molecule has 126 valence electrons. The highest BCUT2D eigenvalue weighted by molar-refractivity contribution is 5.98. The van der Waals surface area contributed by atoms with Gasteiger partial charge < -0.3 is 9.84 Å². The highest BCUT2D eigenvalue weighted by Crippen LogP contribution is 2.27. The average Bonchev–Trinajstić information content (AvgIpc) is 2.59. The molecule has 0 spiro atoms. The molecule has 1 aromatic heterocycles. The van der Waals surface area contributed by atoms with E-state index in [1.54, 1.807) is 6.20 Å². The summed E-state index contributed by atoms with van der Waals surface area (Å²) in [4.78, 5) is 27.2. The molecule has 5 nitrogen and oxygen atoms in total. The molecule has 1 heterocycles. The van der Waals surface area contributed by atoms with Gasteiger partial charge in [0.1, 0.15) is 11.4 Å². The third kappa shape index (κ3) is 4.19. The van der Waals surface area contributed by atoms with Gasteiger partial charge in [0.2, 0.25) is 0 Å². The zero-order chi connectivity index (χ0) is 17.7. The fourth-order valence-corrected chi connectivity index (χ4v) is 2.32. The third-order valence-corrected chi connectivity index (χ3v) is 3.83. The van der Waals surface area contributed by atoms with Crippen LogP contribution < -0.4 is 0 Å². The molecule has 0 amide bonds. The van der Waals surface area contributed by atoms with Gasteiger partial charge in [-0.15, -0.1) is 0 Å². The largest absolute Gasteiger partial charge is 0.506 e. The van der Waals surface area contributed by atoms with E-state index in [2.05, 4.69) is 23.6 Å². The van der Waals surface area contributed by atoms with Gasteiger partial charge >= 0.3 is 5.97 Å². The third-order valence-electron chi connectivity index (χ3n) is 3.83. The van der Waals surface area contributed by atoms with Crippen molar-refractivity contribution in [1.82, 2.24) is 4.98 Å². The Kier molecular flexibility index (Phi) is 5.68. The number of Topliss-reactive ketones (excluding diaryl/α,β-unsaturated/α-hetero) is 1. The highest BCUT2D eigenvalue weighted by atomic mass is 16.5. The second-order valence-electron chi connectivity index (χ2n) is 5.87. The van der Waals surface area contributed by atoms with Gasteiger partial charge in [-0.1, -0.05) is 38.1 Å². The Morgan fingerprint density at radius 2 is 1.79 bits per heavy atom. The number of rotatable bonds is 6. The summed E-state index contributed by atoms with van der Waals surface area (Å²) in [5.41, 5.74) is 2.84. The van der Waals surface area contributed by atoms with Crippen molar-refractivity contribution in [1.29, 1.82) is 0 Å². The SMILES string of the molecule is COC(=O)CCC(=O)c1ncc(-c2ccc(C(C)C)cc2)cc1O. The van der Waals surface area contributed by atoms with E-state index >= 15 is 0 Å². The number of esters is 1. The van der Waals surface area contributed by atoms with Crippen LogP contribution in [0, 0.1) is 0 Å². The van der Waals surface area contributed by atoms with Crippen LogP contribution in [-0.2, 0) is 9.53 Å². The predicted molar refractivity (Wildman–Crippen MR) is 91.0 cm³/mol. The van der Waals surface area contributed by atoms with Crippen molar-refractivity contribution in [3.05, 3.63) is 47.8 Å². The van der Waals surface area contributed by atoms with E-state index in [9.17, 15) is 14.7 Å². The van der Waals surface area contributed by atoms with Crippen LogP contribution in [0.3, 0.4) is 0 Å². The molecule has 0 radical (unpaired) electrons. The lowest BCUT2D eigenvalue weighted by molar-refractivity contribution is -0.140. The Bertz CT molecular complexity index is 736. The van der Waals surface area contributed by atoms with Gasteiger partial charge in [0.25, 0.3) is 0 Å². The number of nitrogens with zero attached hydrogens (tertiary/aromatic N) is 1. The molecule has 0 bridgehead atoms. The van der Waals surface area contributed by atoms with Crippen molar-refractivity contribution in [3.63, 3.8) is 0 Å². The Hall–Kier alpha value is -2.69. The molecule has 1 aromatic carbocycles. The summed E-state index contributed by atoms with van der Waals surface area (Å²) in [7, 11) is 1.27. The monoisotopic (exact) mass is 327 g/mol. The van der Waals surface area contributed by atoms with Crippen molar-refractivity contribution < 1.29 is 19.4 Å². The molecule has 0 saturated carbocycles. The number of aromatic nitrogens is 1. The first-order valence-corrected chi connectivity index (χ1v) is 7.81. The Morgan fingerprint density at radius 3 is 2.33 bits per heavy atom. The fourth-order valence-electron chi connectivity index (χ4n) is 2.32. The smallest absolute Gasteiger partial charge is 0.305 e. The fraction of sp³-hybridized carbons (Fsp3) is 0.316. The number of methoxy groups -OCH3 is 1. The molecular weight excluding hydrogens is 306 g/mol. The van der Waals surface area contributed by atoms with Crippen LogP contribution in [-0.4, -0.2) is 29.0 Å². The zero-order valence-corrected chi connectivity index (χ0v) is 14.1. The maximum Gasteiger partial charge on any atom is 0.305 e. The molecule has 5 heteroatoms. The first kappa shape index (κ1) is 17.7. The van der Waals surface area contributed by atoms with Crippen LogP contribution in [0.1, 0.15) is 48.7 Å². The average molecular weight is 327 g/mol. The van der Waals surface area contributed by atoms with E-state index in [0.29, 0.717) is 5.92 Å². The summed E-state index contributed by atoms with van der Waals surface area (Å²) in [6.45, 7) is 4.24. The molecular formula is C19H21NO4. The van der Waals surface area contributed by atoms with Crippen molar-refractivity contribution >= 4 is 11.8 Å². The van der Waals surface area contributed by atoms with Crippen molar-refractivity contribution in [2.75, 3.05) is 7.11 Å². The van der Waals surface area contributed by atoms with Gasteiger partial charge in [-0.2, -0.15) is 0 Å². The van der Waals surface area contributed by atoms with Gasteiger partial charge in [0, 0.05) is 18.2 Å². The summed E-state index contributed by atoms with van der Waals surface area (Å²) in [6.07, 6.45) is 1.47. The minimum Gasteiger partial charge on any atom is -0.506 e. The minimum atomic E-state index is -0.468. The molecule has 24 heavy (non-hydrogen) atoms. The topological polar surface area (TPSA) is 76.5 Å². The Morgan fingerprint density at radius 1 is 1.12 bits per heavy atom. The van der Waals surface area contributed by atoms with Crippen LogP contribution in [0.5, 0.6) is 5.75 Å². The van der Waals surface area contributed by atoms with E-state index < -0.39 is 5.97 Å². The molecule has 0 fully saturated rings. The van der Waals surface area contributed by atoms with Crippen LogP contribution in [0.4, 0.5) is 0 Å². The van der Waals surface area contributed by atoms with E-state index in [4.69, 9.17) is 0 Å². The lowest BCUT2D eigenvalue weighted by Gasteiger charge is -2.08. The number of benzene rings is 1. The predicted octanol–water partition coefficient (Wildman–Crippen LogP) is 3.71. The number of carbonyl (C=O) groups excluding carboxylic acids is 2. The molecule has 0 atom stereocenters. The van der Waals surface area contributed by atoms with E-state index in [0.717, 1.165) is 11.1 Å². The molecule has 0 aliphatic heterocycles. The zero-order valence-electron chi connectivity index (χ0n) is 14.1. The van der Waals surface area contributed by atoms with Crippen LogP contribution in [0.2, 0.25) is 0 Å². The summed E-state index contributed by atoms with van der Waals surface area (Å²) >= 11 is 0. The number of aromatic hydroxyl groups is 1. The van der Waals surface area contributed by atoms with E-state index in [-0.39, 0.29) is 30.1 Å². The highest BCUT2D eigenvalue weighted by Gasteiger charge is 2.16. The first-order valence-electron chi connectivity index (χ1n) is 7.81. The molecule has 0 aliphatic rings. The van der Waals surface area contributed by atoms with Gasteiger partial charge in [-0.3, -0.25) is 9.59 Å². The van der Waals surface area contributed by atoms with Crippen LogP contribution in [0.25, 0.3) is 11.1 Å². The second kappa shape index (κ2) is 7.73. The van der Waals surface area contributed by atoms with E-state index in [1.807, 2.05) is 24.3 Å². The summed E-state index contributed by atoms with van der Waals surface area (Å²) in [5.74, 6) is -0.597. The normalized spacial score (nSPS) is 10.7. The van der Waals surface area contributed by atoms with Crippen molar-refractivity contribution in [2.24, 2.45) is 0 Å².